The number of piperazine rings is 1. The van der Waals surface area contributed by atoms with Crippen LogP contribution in [0.2, 0.25) is 0 Å². The van der Waals surface area contributed by atoms with Crippen LogP contribution in [0.5, 0.6) is 5.75 Å². The van der Waals surface area contributed by atoms with Gasteiger partial charge in [-0.25, -0.2) is 13.2 Å². The van der Waals surface area contributed by atoms with E-state index in [0.29, 0.717) is 18.8 Å². The Balaban J connectivity index is 1.78. The third-order valence-electron chi connectivity index (χ3n) is 4.08. The predicted octanol–water partition coefficient (Wildman–Crippen LogP) is 1.75. The second-order valence-electron chi connectivity index (χ2n) is 5.49. The van der Waals surface area contributed by atoms with E-state index in [2.05, 4.69) is 4.74 Å². The lowest BCUT2D eigenvalue weighted by molar-refractivity contribution is 0.0602. The molecule has 0 spiro atoms. The van der Waals surface area contributed by atoms with Gasteiger partial charge in [0.1, 0.15) is 15.5 Å². The number of phenolic OH excluding ortho intramolecular Hbond substituents is 1. The van der Waals surface area contributed by atoms with E-state index in [1.807, 2.05) is 11.0 Å². The molecule has 25 heavy (non-hydrogen) atoms. The monoisotopic (exact) mass is 382 g/mol. The quantitative estimate of drug-likeness (QED) is 0.811. The summed E-state index contributed by atoms with van der Waals surface area (Å²) in [4.78, 5) is 13.8. The van der Waals surface area contributed by atoms with Gasteiger partial charge in [-0.2, -0.15) is 4.31 Å². The number of carbonyl (C=O) groups is 1. The number of nitrogens with zero attached hydrogens (tertiary/aromatic N) is 2. The minimum Gasteiger partial charge on any atom is -0.506 e. The van der Waals surface area contributed by atoms with Crippen LogP contribution < -0.4 is 4.90 Å². The number of ether oxygens (including phenoxy) is 1. The van der Waals surface area contributed by atoms with Crippen molar-refractivity contribution in [3.8, 4) is 5.75 Å². The fraction of sp³-hybridized carbons (Fsp3) is 0.312. The molecular formula is C16H18N2O5S2. The number of aromatic hydroxyl groups is 1. The molecule has 1 N–H and O–H groups in total. The SMILES string of the molecule is COC(=O)c1sccc1S(=O)(=O)N1CCN(c2ccccc2O)CC1. The van der Waals surface area contributed by atoms with Crippen molar-refractivity contribution in [2.24, 2.45) is 0 Å². The largest absolute Gasteiger partial charge is 0.506 e. The van der Waals surface area contributed by atoms with Crippen LogP contribution in [0.25, 0.3) is 0 Å². The van der Waals surface area contributed by atoms with Gasteiger partial charge >= 0.3 is 5.97 Å². The second kappa shape index (κ2) is 7.03. The molecule has 3 rings (SSSR count). The van der Waals surface area contributed by atoms with Crippen molar-refractivity contribution in [3.05, 3.63) is 40.6 Å². The van der Waals surface area contributed by atoms with E-state index >= 15 is 0 Å². The number of carbonyl (C=O) groups excluding carboxylic acids is 1. The molecule has 7 nitrogen and oxygen atoms in total. The number of thiophene rings is 1. The van der Waals surface area contributed by atoms with E-state index in [1.54, 1.807) is 23.6 Å². The van der Waals surface area contributed by atoms with Crippen molar-refractivity contribution in [1.82, 2.24) is 4.31 Å². The van der Waals surface area contributed by atoms with Crippen molar-refractivity contribution in [1.29, 1.82) is 0 Å². The standard InChI is InChI=1S/C16H18N2O5S2/c1-23-16(20)15-14(6-11-24-15)25(21,22)18-9-7-17(8-10-18)12-4-2-3-5-13(12)19/h2-6,11,19H,7-10H2,1H3. The molecule has 9 heteroatoms. The van der Waals surface area contributed by atoms with Crippen molar-refractivity contribution in [3.63, 3.8) is 0 Å². The van der Waals surface area contributed by atoms with Crippen LogP contribution >= 0.6 is 11.3 Å². The first-order valence-electron chi connectivity index (χ1n) is 7.64. The molecule has 1 aliphatic rings. The molecule has 2 heterocycles. The van der Waals surface area contributed by atoms with Gasteiger partial charge in [0.15, 0.2) is 0 Å². The van der Waals surface area contributed by atoms with E-state index in [1.165, 1.54) is 17.5 Å². The molecule has 0 bridgehead atoms. The molecule has 1 saturated heterocycles. The molecule has 1 aromatic heterocycles. The van der Waals surface area contributed by atoms with Crippen LogP contribution in [-0.4, -0.2) is 57.1 Å². The number of phenols is 1. The highest BCUT2D eigenvalue weighted by Crippen LogP contribution is 2.30. The molecular weight excluding hydrogens is 364 g/mol. The first-order valence-corrected chi connectivity index (χ1v) is 9.96. The highest BCUT2D eigenvalue weighted by Gasteiger charge is 2.33. The van der Waals surface area contributed by atoms with Gasteiger partial charge in [-0.1, -0.05) is 12.1 Å². The first kappa shape index (κ1) is 17.7. The molecule has 0 aliphatic carbocycles. The lowest BCUT2D eigenvalue weighted by atomic mass is 10.2. The molecule has 0 amide bonds. The van der Waals surface area contributed by atoms with Gasteiger partial charge < -0.3 is 14.7 Å². The smallest absolute Gasteiger partial charge is 0.349 e. The molecule has 2 aromatic rings. The summed E-state index contributed by atoms with van der Waals surface area (Å²) in [6, 6.07) is 8.40. The number of esters is 1. The zero-order chi connectivity index (χ0) is 18.0. The van der Waals surface area contributed by atoms with Gasteiger partial charge in [0.05, 0.1) is 12.8 Å². The average molecular weight is 382 g/mol. The number of anilines is 1. The van der Waals surface area contributed by atoms with Crippen LogP contribution in [0.1, 0.15) is 9.67 Å². The molecule has 1 aromatic carbocycles. The summed E-state index contributed by atoms with van der Waals surface area (Å²) in [5.74, 6) is -0.481. The molecule has 0 atom stereocenters. The Labute approximate surface area is 150 Å². The predicted molar refractivity (Wildman–Crippen MR) is 94.7 cm³/mol. The molecule has 1 fully saturated rings. The topological polar surface area (TPSA) is 87.2 Å². The maximum Gasteiger partial charge on any atom is 0.349 e. The Kier molecular flexibility index (Phi) is 4.98. The lowest BCUT2D eigenvalue weighted by Gasteiger charge is -2.35. The van der Waals surface area contributed by atoms with Crippen molar-refractivity contribution < 1.29 is 23.1 Å². The molecule has 0 radical (unpaired) electrons. The van der Waals surface area contributed by atoms with Gasteiger partial charge in [-0.15, -0.1) is 11.3 Å². The summed E-state index contributed by atoms with van der Waals surface area (Å²) < 4.78 is 31.7. The van der Waals surface area contributed by atoms with E-state index in [-0.39, 0.29) is 28.6 Å². The minimum atomic E-state index is -3.77. The number of para-hydroxylation sites is 2. The maximum atomic E-state index is 12.9. The van der Waals surface area contributed by atoms with Crippen molar-refractivity contribution >= 4 is 33.0 Å². The number of methoxy groups -OCH3 is 1. The summed E-state index contributed by atoms with van der Waals surface area (Å²) >= 11 is 1.05. The Morgan fingerprint density at radius 2 is 1.84 bits per heavy atom. The second-order valence-corrected chi connectivity index (χ2v) is 8.31. The number of sulfonamides is 1. The highest BCUT2D eigenvalue weighted by atomic mass is 32.2. The summed E-state index contributed by atoms with van der Waals surface area (Å²) in [6.45, 7) is 1.45. The van der Waals surface area contributed by atoms with Crippen LogP contribution in [0.4, 0.5) is 5.69 Å². The number of benzene rings is 1. The Bertz CT molecular complexity index is 870. The fourth-order valence-electron chi connectivity index (χ4n) is 2.78. The summed E-state index contributed by atoms with van der Waals surface area (Å²) in [6.07, 6.45) is 0. The van der Waals surface area contributed by atoms with Gasteiger partial charge in [0.2, 0.25) is 10.0 Å². The summed E-state index contributed by atoms with van der Waals surface area (Å²) in [5, 5.41) is 11.5. The normalized spacial score (nSPS) is 16.0. The van der Waals surface area contributed by atoms with Crippen molar-refractivity contribution in [2.45, 2.75) is 4.90 Å². The number of hydrogen-bond donors (Lipinski definition) is 1. The Morgan fingerprint density at radius 1 is 1.16 bits per heavy atom. The lowest BCUT2D eigenvalue weighted by Crippen LogP contribution is -2.48. The number of hydrogen-bond acceptors (Lipinski definition) is 7. The van der Waals surface area contributed by atoms with Crippen LogP contribution in [0, 0.1) is 0 Å². The van der Waals surface area contributed by atoms with Gasteiger partial charge in [0.25, 0.3) is 0 Å². The van der Waals surface area contributed by atoms with Gasteiger partial charge in [-0.05, 0) is 23.6 Å². The maximum absolute atomic E-state index is 12.9. The third-order valence-corrected chi connectivity index (χ3v) is 7.04. The highest BCUT2D eigenvalue weighted by molar-refractivity contribution is 7.89. The van der Waals surface area contributed by atoms with Gasteiger partial charge in [-0.3, -0.25) is 0 Å². The van der Waals surface area contributed by atoms with Crippen LogP contribution in [0.15, 0.2) is 40.6 Å². The van der Waals surface area contributed by atoms with Crippen LogP contribution in [0.3, 0.4) is 0 Å². The molecule has 1 aliphatic heterocycles. The summed E-state index contributed by atoms with van der Waals surface area (Å²) in [5.41, 5.74) is 0.685. The van der Waals surface area contributed by atoms with E-state index in [0.717, 1.165) is 11.3 Å². The van der Waals surface area contributed by atoms with E-state index in [4.69, 9.17) is 0 Å². The third kappa shape index (κ3) is 3.35. The molecule has 0 unspecified atom stereocenters. The zero-order valence-corrected chi connectivity index (χ0v) is 15.2. The van der Waals surface area contributed by atoms with Crippen molar-refractivity contribution in [2.75, 3.05) is 38.2 Å². The zero-order valence-electron chi connectivity index (χ0n) is 13.6. The Hall–Kier alpha value is -2.10. The molecule has 0 saturated carbocycles. The van der Waals surface area contributed by atoms with E-state index < -0.39 is 16.0 Å². The van der Waals surface area contributed by atoms with Crippen LogP contribution in [-0.2, 0) is 14.8 Å². The summed E-state index contributed by atoms with van der Waals surface area (Å²) in [7, 11) is -2.54. The first-order chi connectivity index (χ1) is 11.9. The van der Waals surface area contributed by atoms with Gasteiger partial charge in [0, 0.05) is 26.2 Å². The number of rotatable bonds is 4. The minimum absolute atomic E-state index is 0.0136. The Morgan fingerprint density at radius 3 is 2.48 bits per heavy atom. The molecule has 134 valence electrons. The fourth-order valence-corrected chi connectivity index (χ4v) is 5.51. The average Bonchev–Trinajstić information content (AvgIpc) is 3.12. The van der Waals surface area contributed by atoms with E-state index in [9.17, 15) is 18.3 Å².